The molecule has 0 spiro atoms. The predicted molar refractivity (Wildman–Crippen MR) is 97.5 cm³/mol. The number of thioether (sulfide) groups is 1. The molecular weight excluding hydrogens is 338 g/mol. The average Bonchev–Trinajstić information content (AvgIpc) is 2.59. The fourth-order valence-corrected chi connectivity index (χ4v) is 3.90. The highest BCUT2D eigenvalue weighted by atomic mass is 32.2. The van der Waals surface area contributed by atoms with Gasteiger partial charge in [-0.1, -0.05) is 27.2 Å². The molecule has 1 saturated carbocycles. The smallest absolute Gasteiger partial charge is 0.344 e. The van der Waals surface area contributed by atoms with Crippen molar-refractivity contribution in [2.45, 2.75) is 51.2 Å². The highest BCUT2D eigenvalue weighted by Crippen LogP contribution is 2.35. The van der Waals surface area contributed by atoms with Crippen molar-refractivity contribution in [1.29, 1.82) is 0 Å². The molecule has 0 amide bonds. The van der Waals surface area contributed by atoms with Crippen LogP contribution in [0, 0.1) is 17.8 Å². The molecule has 1 heterocycles. The van der Waals surface area contributed by atoms with E-state index >= 15 is 0 Å². The Labute approximate surface area is 153 Å². The number of hydrogen-bond acceptors (Lipinski definition) is 6. The van der Waals surface area contributed by atoms with Gasteiger partial charge < -0.3 is 9.47 Å². The predicted octanol–water partition coefficient (Wildman–Crippen LogP) is 3.96. The second-order valence-corrected chi connectivity index (χ2v) is 7.79. The lowest BCUT2D eigenvalue weighted by Crippen LogP contribution is -2.36. The van der Waals surface area contributed by atoms with Crippen molar-refractivity contribution in [2.75, 3.05) is 12.9 Å². The van der Waals surface area contributed by atoms with Gasteiger partial charge in [-0.2, -0.15) is 0 Å². The van der Waals surface area contributed by atoms with Crippen LogP contribution < -0.4 is 0 Å². The number of ether oxygens (including phenoxy) is 2. The third kappa shape index (κ3) is 5.46. The molecule has 138 valence electrons. The van der Waals surface area contributed by atoms with E-state index in [2.05, 4.69) is 25.8 Å². The van der Waals surface area contributed by atoms with Crippen LogP contribution in [0.15, 0.2) is 23.4 Å². The van der Waals surface area contributed by atoms with Gasteiger partial charge in [0.05, 0.1) is 5.56 Å². The van der Waals surface area contributed by atoms with E-state index in [4.69, 9.17) is 9.47 Å². The van der Waals surface area contributed by atoms with E-state index in [-0.39, 0.29) is 12.7 Å². The minimum atomic E-state index is -0.549. The lowest BCUT2D eigenvalue weighted by Gasteiger charge is -2.36. The number of aromatic nitrogens is 1. The first-order valence-corrected chi connectivity index (χ1v) is 10.0. The first kappa shape index (κ1) is 19.8. The summed E-state index contributed by atoms with van der Waals surface area (Å²) in [5.74, 6) is 0.360. The molecule has 0 radical (unpaired) electrons. The van der Waals surface area contributed by atoms with Crippen molar-refractivity contribution in [1.82, 2.24) is 4.98 Å². The summed E-state index contributed by atoms with van der Waals surface area (Å²) in [6, 6.07) is 3.31. The van der Waals surface area contributed by atoms with E-state index in [0.717, 1.165) is 12.8 Å². The fourth-order valence-electron chi connectivity index (χ4n) is 3.36. The Kier molecular flexibility index (Phi) is 7.29. The lowest BCUT2D eigenvalue weighted by molar-refractivity contribution is -0.159. The summed E-state index contributed by atoms with van der Waals surface area (Å²) in [6.07, 6.45) is 6.49. The van der Waals surface area contributed by atoms with Crippen molar-refractivity contribution < 1.29 is 19.1 Å². The molecule has 0 bridgehead atoms. The van der Waals surface area contributed by atoms with Crippen LogP contribution in [-0.2, 0) is 14.3 Å². The van der Waals surface area contributed by atoms with Crippen LogP contribution in [-0.4, -0.2) is 35.9 Å². The molecule has 5 nitrogen and oxygen atoms in total. The van der Waals surface area contributed by atoms with Crippen molar-refractivity contribution in [2.24, 2.45) is 17.8 Å². The molecule has 0 unspecified atom stereocenters. The Morgan fingerprint density at radius 2 is 2.12 bits per heavy atom. The number of rotatable bonds is 6. The van der Waals surface area contributed by atoms with Gasteiger partial charge in [0, 0.05) is 6.20 Å². The summed E-state index contributed by atoms with van der Waals surface area (Å²) >= 11 is 1.36. The van der Waals surface area contributed by atoms with E-state index in [1.165, 1.54) is 18.2 Å². The van der Waals surface area contributed by atoms with Crippen LogP contribution in [0.2, 0.25) is 0 Å². The standard InChI is InChI=1S/C19H27NO4S/c1-12(2)14-8-7-13(3)10-16(14)24-17(21)11-23-19(22)15-6-5-9-20-18(15)25-4/h5-6,9,12-14,16H,7-8,10-11H2,1-4H3/t13-,14-,16+/m0/s1. The number of carbonyl (C=O) groups is 2. The topological polar surface area (TPSA) is 65.5 Å². The second kappa shape index (κ2) is 9.22. The Bertz CT molecular complexity index is 605. The number of esters is 2. The third-order valence-corrected chi connectivity index (χ3v) is 5.46. The largest absolute Gasteiger partial charge is 0.460 e. The molecule has 6 heteroatoms. The Morgan fingerprint density at radius 3 is 2.80 bits per heavy atom. The van der Waals surface area contributed by atoms with Gasteiger partial charge in [0.2, 0.25) is 0 Å². The molecule has 0 aromatic carbocycles. The maximum absolute atomic E-state index is 12.2. The molecule has 0 saturated heterocycles. The first-order chi connectivity index (χ1) is 11.9. The number of carbonyl (C=O) groups excluding carboxylic acids is 2. The highest BCUT2D eigenvalue weighted by Gasteiger charge is 2.33. The van der Waals surface area contributed by atoms with Gasteiger partial charge in [0.1, 0.15) is 11.1 Å². The molecule has 2 rings (SSSR count). The summed E-state index contributed by atoms with van der Waals surface area (Å²) in [4.78, 5) is 28.4. The van der Waals surface area contributed by atoms with Crippen LogP contribution >= 0.6 is 11.8 Å². The minimum Gasteiger partial charge on any atom is -0.460 e. The van der Waals surface area contributed by atoms with Gasteiger partial charge in [-0.3, -0.25) is 0 Å². The van der Waals surface area contributed by atoms with Gasteiger partial charge >= 0.3 is 11.9 Å². The van der Waals surface area contributed by atoms with Crippen molar-refractivity contribution >= 4 is 23.7 Å². The molecule has 0 aliphatic heterocycles. The average molecular weight is 365 g/mol. The molecule has 3 atom stereocenters. The van der Waals surface area contributed by atoms with E-state index in [1.54, 1.807) is 18.3 Å². The number of pyridine rings is 1. The number of nitrogens with zero attached hydrogens (tertiary/aromatic N) is 1. The van der Waals surface area contributed by atoms with Crippen LogP contribution in [0.25, 0.3) is 0 Å². The first-order valence-electron chi connectivity index (χ1n) is 8.78. The Balaban J connectivity index is 1.90. The lowest BCUT2D eigenvalue weighted by atomic mass is 9.75. The monoisotopic (exact) mass is 365 g/mol. The zero-order chi connectivity index (χ0) is 18.4. The molecule has 1 aromatic heterocycles. The number of hydrogen-bond donors (Lipinski definition) is 0. The Hall–Kier alpha value is -1.56. The molecule has 1 aromatic rings. The zero-order valence-electron chi connectivity index (χ0n) is 15.4. The van der Waals surface area contributed by atoms with E-state index in [1.807, 2.05) is 6.26 Å². The summed E-state index contributed by atoms with van der Waals surface area (Å²) in [7, 11) is 0. The molecule has 25 heavy (non-hydrogen) atoms. The van der Waals surface area contributed by atoms with Crippen LogP contribution in [0.5, 0.6) is 0 Å². The summed E-state index contributed by atoms with van der Waals surface area (Å²) in [6.45, 7) is 6.14. The molecule has 1 aliphatic carbocycles. The van der Waals surface area contributed by atoms with Crippen molar-refractivity contribution in [3.63, 3.8) is 0 Å². The van der Waals surface area contributed by atoms with Crippen LogP contribution in [0.3, 0.4) is 0 Å². The van der Waals surface area contributed by atoms with E-state index < -0.39 is 11.9 Å². The highest BCUT2D eigenvalue weighted by molar-refractivity contribution is 7.98. The van der Waals surface area contributed by atoms with Gasteiger partial charge in [-0.15, -0.1) is 11.8 Å². The molecule has 1 aliphatic rings. The second-order valence-electron chi connectivity index (χ2n) is 6.99. The van der Waals surface area contributed by atoms with Crippen molar-refractivity contribution in [3.05, 3.63) is 23.9 Å². The van der Waals surface area contributed by atoms with E-state index in [0.29, 0.717) is 28.3 Å². The van der Waals surface area contributed by atoms with Gasteiger partial charge in [-0.05, 0) is 49.0 Å². The molecule has 1 fully saturated rings. The summed E-state index contributed by atoms with van der Waals surface area (Å²) < 4.78 is 10.8. The Morgan fingerprint density at radius 1 is 1.36 bits per heavy atom. The fraction of sp³-hybridized carbons (Fsp3) is 0.632. The third-order valence-electron chi connectivity index (χ3n) is 4.75. The SMILES string of the molecule is CSc1ncccc1C(=O)OCC(=O)O[C@@H]1C[C@@H](C)CC[C@H]1C(C)C. The van der Waals surface area contributed by atoms with Gasteiger partial charge in [0.15, 0.2) is 6.61 Å². The maximum atomic E-state index is 12.2. The van der Waals surface area contributed by atoms with Crippen molar-refractivity contribution in [3.8, 4) is 0 Å². The molecule has 0 N–H and O–H groups in total. The van der Waals surface area contributed by atoms with Crippen LogP contribution in [0.1, 0.15) is 50.4 Å². The zero-order valence-corrected chi connectivity index (χ0v) is 16.2. The normalized spacial score (nSPS) is 23.3. The quantitative estimate of drug-likeness (QED) is 0.561. The molecular formula is C19H27NO4S. The maximum Gasteiger partial charge on any atom is 0.344 e. The minimum absolute atomic E-state index is 0.0879. The van der Waals surface area contributed by atoms with Gasteiger partial charge in [0.25, 0.3) is 0 Å². The summed E-state index contributed by atoms with van der Waals surface area (Å²) in [5.41, 5.74) is 0.370. The van der Waals surface area contributed by atoms with E-state index in [9.17, 15) is 9.59 Å². The van der Waals surface area contributed by atoms with Crippen LogP contribution in [0.4, 0.5) is 0 Å². The summed E-state index contributed by atoms with van der Waals surface area (Å²) in [5, 5.41) is 0.585. The van der Waals surface area contributed by atoms with Gasteiger partial charge in [-0.25, -0.2) is 14.6 Å².